The Morgan fingerprint density at radius 3 is 1.14 bits per heavy atom. The van der Waals surface area contributed by atoms with Gasteiger partial charge in [0.15, 0.2) is 0 Å². The molecule has 0 fully saturated rings. The minimum atomic E-state index is -4.34. The predicted octanol–water partition coefficient (Wildman–Crippen LogP) is 17.0. The number of amides is 1. The predicted molar refractivity (Wildman–Crippen MR) is 282 cm³/mol. The molecule has 65 heavy (non-hydrogen) atoms. The van der Waals surface area contributed by atoms with Crippen molar-refractivity contribution in [1.82, 2.24) is 5.32 Å². The second kappa shape index (κ2) is 48.3. The fourth-order valence-corrected chi connectivity index (χ4v) is 9.49. The molecule has 388 valence electrons. The van der Waals surface area contributed by atoms with Crippen molar-refractivity contribution in [3.8, 4) is 0 Å². The summed E-state index contributed by atoms with van der Waals surface area (Å²) in [6, 6.07) is -0.841. The summed E-state index contributed by atoms with van der Waals surface area (Å²) in [5, 5.41) is 13.9. The molecule has 0 aliphatic carbocycles. The molecule has 0 saturated heterocycles. The number of carbonyl (C=O) groups is 1. The van der Waals surface area contributed by atoms with E-state index in [-0.39, 0.29) is 19.1 Å². The van der Waals surface area contributed by atoms with E-state index in [1.807, 2.05) is 27.2 Å². The number of hydrogen-bond acceptors (Lipinski definition) is 5. The van der Waals surface area contributed by atoms with E-state index in [0.29, 0.717) is 17.4 Å². The molecule has 0 aromatic carbocycles. The molecule has 0 radical (unpaired) electrons. The number of phosphoric ester groups is 1. The quantitative estimate of drug-likeness (QED) is 0.0243. The van der Waals surface area contributed by atoms with E-state index in [4.69, 9.17) is 9.05 Å². The Morgan fingerprint density at radius 1 is 0.508 bits per heavy atom. The molecule has 0 spiro atoms. The normalized spacial score (nSPS) is 14.0. The first kappa shape index (κ1) is 64.2. The number of nitrogens with zero attached hydrogens (tertiary/aromatic N) is 1. The van der Waals surface area contributed by atoms with Gasteiger partial charge in [0.2, 0.25) is 5.91 Å². The topological polar surface area (TPSA) is 105 Å². The zero-order valence-electron chi connectivity index (χ0n) is 44.3. The maximum absolute atomic E-state index is 13.0. The number of carbonyl (C=O) groups excluding carboxylic acids is 1. The molecule has 3 atom stereocenters. The van der Waals surface area contributed by atoms with Crippen molar-refractivity contribution in [1.29, 1.82) is 0 Å². The molecule has 8 nitrogen and oxygen atoms in total. The molecular weight excluding hydrogens is 828 g/mol. The van der Waals surface area contributed by atoms with Crippen LogP contribution in [0, 0.1) is 0 Å². The van der Waals surface area contributed by atoms with Crippen molar-refractivity contribution < 1.29 is 32.9 Å². The van der Waals surface area contributed by atoms with Crippen LogP contribution in [-0.2, 0) is 18.4 Å². The average Bonchev–Trinajstić information content (AvgIpc) is 3.26. The SMILES string of the molecule is CCCCCCCCCCCCCCCC/C=C/C(O)C(COP(=O)(O)OCC[N+](C)(C)C)NC(=O)CCCCCCCCCCCCCCCCCCCCCCCCCCCCC. The second-order valence-corrected chi connectivity index (χ2v) is 22.5. The number of quaternary nitrogens is 1. The summed E-state index contributed by atoms with van der Waals surface area (Å²) in [7, 11) is 1.59. The Kier molecular flexibility index (Phi) is 47.7. The first-order valence-corrected chi connectivity index (χ1v) is 30.1. The highest BCUT2D eigenvalue weighted by atomic mass is 31.2. The highest BCUT2D eigenvalue weighted by molar-refractivity contribution is 7.47. The van der Waals surface area contributed by atoms with Gasteiger partial charge in [0.05, 0.1) is 39.9 Å². The number of likely N-dealkylation sites (N-methyl/N-ethyl adjacent to an activating group) is 1. The van der Waals surface area contributed by atoms with Gasteiger partial charge in [-0.2, -0.15) is 0 Å². The molecule has 9 heteroatoms. The highest BCUT2D eigenvalue weighted by Gasteiger charge is 2.27. The Balaban J connectivity index is 4.11. The summed E-state index contributed by atoms with van der Waals surface area (Å²) in [5.74, 6) is -0.170. The largest absolute Gasteiger partial charge is 0.472 e. The van der Waals surface area contributed by atoms with E-state index in [1.165, 1.54) is 238 Å². The molecular formula is C56H114N2O6P+. The first-order valence-electron chi connectivity index (χ1n) is 28.6. The number of aliphatic hydroxyl groups is 1. The third-order valence-corrected chi connectivity index (χ3v) is 14.2. The summed E-state index contributed by atoms with van der Waals surface area (Å²) in [6.45, 7) is 4.86. The van der Waals surface area contributed by atoms with Gasteiger partial charge in [0.1, 0.15) is 13.2 Å². The summed E-state index contributed by atoms with van der Waals surface area (Å²) in [6.07, 6.45) is 58.8. The Hall–Kier alpha value is -0.760. The van der Waals surface area contributed by atoms with E-state index in [1.54, 1.807) is 6.08 Å². The summed E-state index contributed by atoms with van der Waals surface area (Å²) in [4.78, 5) is 23.3. The number of nitrogens with one attached hydrogen (secondary N) is 1. The van der Waals surface area contributed by atoms with Crippen molar-refractivity contribution in [3.05, 3.63) is 12.2 Å². The molecule has 3 unspecified atom stereocenters. The second-order valence-electron chi connectivity index (χ2n) is 21.0. The molecule has 0 aromatic heterocycles. The lowest BCUT2D eigenvalue weighted by atomic mass is 10.0. The van der Waals surface area contributed by atoms with Gasteiger partial charge in [0.25, 0.3) is 0 Å². The number of allylic oxidation sites excluding steroid dienone is 1. The van der Waals surface area contributed by atoms with Gasteiger partial charge in [-0.05, 0) is 19.3 Å². The molecule has 0 bridgehead atoms. The van der Waals surface area contributed by atoms with Crippen LogP contribution >= 0.6 is 7.82 Å². The van der Waals surface area contributed by atoms with Gasteiger partial charge in [-0.15, -0.1) is 0 Å². The van der Waals surface area contributed by atoms with Crippen LogP contribution in [0.1, 0.15) is 290 Å². The maximum Gasteiger partial charge on any atom is 0.472 e. The lowest BCUT2D eigenvalue weighted by molar-refractivity contribution is -0.870. The maximum atomic E-state index is 13.0. The van der Waals surface area contributed by atoms with Crippen molar-refractivity contribution in [3.63, 3.8) is 0 Å². The fraction of sp³-hybridized carbons (Fsp3) is 0.946. The van der Waals surface area contributed by atoms with Crippen molar-refractivity contribution in [2.24, 2.45) is 0 Å². The number of hydrogen-bond donors (Lipinski definition) is 3. The van der Waals surface area contributed by atoms with Crippen LogP contribution in [0.2, 0.25) is 0 Å². The van der Waals surface area contributed by atoms with Gasteiger partial charge in [-0.25, -0.2) is 4.57 Å². The highest BCUT2D eigenvalue weighted by Crippen LogP contribution is 2.43. The summed E-state index contributed by atoms with van der Waals surface area (Å²) >= 11 is 0. The zero-order chi connectivity index (χ0) is 47.8. The fourth-order valence-electron chi connectivity index (χ4n) is 8.75. The van der Waals surface area contributed by atoms with Crippen LogP contribution < -0.4 is 5.32 Å². The van der Waals surface area contributed by atoms with Crippen LogP contribution in [0.4, 0.5) is 0 Å². The number of rotatable bonds is 53. The molecule has 0 heterocycles. The molecule has 1 amide bonds. The van der Waals surface area contributed by atoms with Crippen LogP contribution in [-0.4, -0.2) is 73.4 Å². The van der Waals surface area contributed by atoms with Gasteiger partial charge < -0.3 is 19.8 Å². The average molecular weight is 943 g/mol. The number of phosphoric acid groups is 1. The number of unbranched alkanes of at least 4 members (excludes halogenated alkanes) is 40. The smallest absolute Gasteiger partial charge is 0.387 e. The zero-order valence-corrected chi connectivity index (χ0v) is 45.2. The molecule has 3 N–H and O–H groups in total. The van der Waals surface area contributed by atoms with Gasteiger partial charge >= 0.3 is 7.82 Å². The van der Waals surface area contributed by atoms with Gasteiger partial charge in [-0.3, -0.25) is 13.8 Å². The van der Waals surface area contributed by atoms with Crippen LogP contribution in [0.15, 0.2) is 12.2 Å². The van der Waals surface area contributed by atoms with Crippen molar-refractivity contribution in [2.45, 2.75) is 302 Å². The Bertz CT molecular complexity index is 1070. The van der Waals surface area contributed by atoms with E-state index in [0.717, 1.165) is 32.1 Å². The van der Waals surface area contributed by atoms with E-state index >= 15 is 0 Å². The third kappa shape index (κ3) is 50.9. The Labute approximate surface area is 405 Å². The van der Waals surface area contributed by atoms with Crippen LogP contribution in [0.5, 0.6) is 0 Å². The van der Waals surface area contributed by atoms with Crippen molar-refractivity contribution >= 4 is 13.7 Å². The monoisotopic (exact) mass is 942 g/mol. The van der Waals surface area contributed by atoms with E-state index in [2.05, 4.69) is 19.2 Å². The third-order valence-electron chi connectivity index (χ3n) is 13.3. The van der Waals surface area contributed by atoms with Gasteiger partial charge in [0, 0.05) is 6.42 Å². The Morgan fingerprint density at radius 2 is 0.815 bits per heavy atom. The summed E-state index contributed by atoms with van der Waals surface area (Å²) in [5.41, 5.74) is 0. The van der Waals surface area contributed by atoms with Crippen LogP contribution in [0.25, 0.3) is 0 Å². The lowest BCUT2D eigenvalue weighted by Crippen LogP contribution is -2.45. The standard InChI is InChI=1S/C56H113N2O6P/c1-6-8-10-12-14-16-18-20-22-24-25-26-27-28-29-30-31-32-33-34-36-38-40-42-44-46-48-50-56(60)57-54(53-64-65(61,62)63-52-51-58(3,4)5)55(59)49-47-45-43-41-39-37-35-23-21-19-17-15-13-11-9-7-2/h47,49,54-55,59H,6-46,48,50-53H2,1-5H3,(H-,57,60,61,62)/p+1/b49-47+. The molecule has 0 aromatic rings. The molecule has 0 rings (SSSR count). The summed E-state index contributed by atoms with van der Waals surface area (Å²) < 4.78 is 23.7. The van der Waals surface area contributed by atoms with Crippen molar-refractivity contribution in [2.75, 3.05) is 40.9 Å². The first-order chi connectivity index (χ1) is 31.5. The lowest BCUT2D eigenvalue weighted by Gasteiger charge is -2.25. The molecule has 0 aliphatic heterocycles. The van der Waals surface area contributed by atoms with E-state index < -0.39 is 20.0 Å². The van der Waals surface area contributed by atoms with Gasteiger partial charge in [-0.1, -0.05) is 276 Å². The minimum absolute atomic E-state index is 0.0651. The molecule has 0 saturated carbocycles. The number of aliphatic hydroxyl groups excluding tert-OH is 1. The van der Waals surface area contributed by atoms with Crippen LogP contribution in [0.3, 0.4) is 0 Å². The molecule has 0 aliphatic rings. The minimum Gasteiger partial charge on any atom is -0.387 e. The van der Waals surface area contributed by atoms with E-state index in [9.17, 15) is 19.4 Å².